The van der Waals surface area contributed by atoms with E-state index in [4.69, 9.17) is 31.9 Å². The number of anilines is 1. The van der Waals surface area contributed by atoms with Crippen molar-refractivity contribution in [3.8, 4) is 34.3 Å². The number of amidine groups is 1. The summed E-state index contributed by atoms with van der Waals surface area (Å²) in [6.07, 6.45) is 4.91. The van der Waals surface area contributed by atoms with E-state index in [0.717, 1.165) is 11.1 Å². The minimum absolute atomic E-state index is 0.172. The predicted octanol–water partition coefficient (Wildman–Crippen LogP) is 4.79. The molecule has 0 amide bonds. The van der Waals surface area contributed by atoms with E-state index in [1.807, 2.05) is 12.1 Å². The molecule has 5 N–H and O–H groups in total. The van der Waals surface area contributed by atoms with Gasteiger partial charge in [-0.15, -0.1) is 0 Å². The summed E-state index contributed by atoms with van der Waals surface area (Å²) >= 11 is 0. The van der Waals surface area contributed by atoms with Crippen molar-refractivity contribution in [1.82, 2.24) is 4.98 Å². The molecule has 3 aromatic rings. The third-order valence-electron chi connectivity index (χ3n) is 4.48. The second-order valence-corrected chi connectivity index (χ2v) is 6.56. The maximum Gasteiger partial charge on any atom is 0.127 e. The van der Waals surface area contributed by atoms with Gasteiger partial charge in [-0.05, 0) is 54.6 Å². The Morgan fingerprint density at radius 3 is 2.26 bits per heavy atom. The molecule has 0 spiro atoms. The van der Waals surface area contributed by atoms with Gasteiger partial charge in [-0.25, -0.2) is 4.98 Å². The lowest BCUT2D eigenvalue weighted by Crippen LogP contribution is -2.16. The van der Waals surface area contributed by atoms with Gasteiger partial charge in [-0.1, -0.05) is 31.4 Å². The number of hydrogen-bond donors (Lipinski definition) is 3. The van der Waals surface area contributed by atoms with E-state index in [9.17, 15) is 0 Å². The number of aromatic nitrogens is 1. The summed E-state index contributed by atoms with van der Waals surface area (Å²) in [5.74, 6) is 1.00. The number of nitriles is 1. The highest BCUT2D eigenvalue weighted by Crippen LogP contribution is 2.31. The zero-order valence-electron chi connectivity index (χ0n) is 16.8. The van der Waals surface area contributed by atoms with Crippen molar-refractivity contribution in [2.75, 3.05) is 5.73 Å². The largest absolute Gasteiger partial charge is 0.457 e. The first-order chi connectivity index (χ1) is 15.0. The van der Waals surface area contributed by atoms with Crippen LogP contribution in [0.3, 0.4) is 0 Å². The highest BCUT2D eigenvalue weighted by molar-refractivity contribution is 6.05. The second kappa shape index (κ2) is 9.25. The molecule has 0 aliphatic heterocycles. The fraction of sp³-hybridized carbons (Fsp3) is 0. The molecule has 0 aliphatic rings. The topological polar surface area (TPSA) is 122 Å². The summed E-state index contributed by atoms with van der Waals surface area (Å²) in [7, 11) is 0. The van der Waals surface area contributed by atoms with Gasteiger partial charge < -0.3 is 16.2 Å². The molecule has 0 atom stereocenters. The average molecular weight is 407 g/mol. The maximum absolute atomic E-state index is 9.01. The molecule has 0 fully saturated rings. The van der Waals surface area contributed by atoms with Crippen molar-refractivity contribution in [2.45, 2.75) is 0 Å². The Morgan fingerprint density at radius 2 is 1.71 bits per heavy atom. The molecule has 0 saturated heterocycles. The van der Waals surface area contributed by atoms with Crippen LogP contribution in [0, 0.1) is 16.7 Å². The van der Waals surface area contributed by atoms with Crippen molar-refractivity contribution in [2.24, 2.45) is 5.73 Å². The van der Waals surface area contributed by atoms with Crippen LogP contribution in [0.1, 0.15) is 11.1 Å². The summed E-state index contributed by atoms with van der Waals surface area (Å²) in [4.78, 5) is 4.72. The lowest BCUT2D eigenvalue weighted by Gasteiger charge is -2.14. The molecule has 3 rings (SSSR count). The summed E-state index contributed by atoms with van der Waals surface area (Å²) in [6, 6.07) is 18.0. The van der Waals surface area contributed by atoms with Crippen LogP contribution in [0.2, 0.25) is 0 Å². The van der Waals surface area contributed by atoms with Crippen LogP contribution in [-0.4, -0.2) is 10.8 Å². The molecule has 0 radical (unpaired) electrons. The number of nitrogens with one attached hydrogen (secondary N) is 1. The zero-order valence-corrected chi connectivity index (χ0v) is 16.8. The minimum atomic E-state index is -0.172. The monoisotopic (exact) mass is 407 g/mol. The van der Waals surface area contributed by atoms with E-state index >= 15 is 0 Å². The Hall–Kier alpha value is -4.63. The smallest absolute Gasteiger partial charge is 0.127 e. The summed E-state index contributed by atoms with van der Waals surface area (Å²) in [6.45, 7) is 7.36. The number of nitrogens with zero attached hydrogens (tertiary/aromatic N) is 2. The molecule has 0 bridgehead atoms. The zero-order chi connectivity index (χ0) is 22.4. The van der Waals surface area contributed by atoms with Gasteiger partial charge in [0.2, 0.25) is 0 Å². The standard InChI is InChI=1S/C25H21N5O/c1-3-5-19(4-2)31-20-12-10-18(11-13-20)24-23(25(28)29)21(27)14-22(30-24)17-8-6-16(15-26)7-9-17/h3-14H,1-2H2,(H2,27,30)(H3,28,29)/b19-5+. The van der Waals surface area contributed by atoms with Gasteiger partial charge in [0, 0.05) is 16.8 Å². The summed E-state index contributed by atoms with van der Waals surface area (Å²) in [5, 5.41) is 17.0. The lowest BCUT2D eigenvalue weighted by atomic mass is 10.0. The van der Waals surface area contributed by atoms with Crippen LogP contribution in [0.4, 0.5) is 5.69 Å². The Kier molecular flexibility index (Phi) is 6.29. The molecule has 1 heterocycles. The van der Waals surface area contributed by atoms with Crippen LogP contribution >= 0.6 is 0 Å². The number of rotatable bonds is 7. The lowest BCUT2D eigenvalue weighted by molar-refractivity contribution is 0.445. The van der Waals surface area contributed by atoms with Crippen LogP contribution in [-0.2, 0) is 0 Å². The quantitative estimate of drug-likeness (QED) is 0.225. The molecule has 152 valence electrons. The number of hydrogen-bond acceptors (Lipinski definition) is 5. The van der Waals surface area contributed by atoms with E-state index < -0.39 is 0 Å². The third-order valence-corrected chi connectivity index (χ3v) is 4.48. The highest BCUT2D eigenvalue weighted by atomic mass is 16.5. The van der Waals surface area contributed by atoms with Gasteiger partial charge in [0.25, 0.3) is 0 Å². The minimum Gasteiger partial charge on any atom is -0.457 e. The van der Waals surface area contributed by atoms with Crippen molar-refractivity contribution in [1.29, 1.82) is 10.7 Å². The Balaban J connectivity index is 2.06. The molecular weight excluding hydrogens is 386 g/mol. The van der Waals surface area contributed by atoms with Crippen molar-refractivity contribution < 1.29 is 4.74 Å². The number of nitrogens with two attached hydrogens (primary N) is 2. The van der Waals surface area contributed by atoms with Gasteiger partial charge in [0.15, 0.2) is 0 Å². The molecule has 1 aromatic heterocycles. The number of nitrogen functional groups attached to an aromatic ring is 2. The van der Waals surface area contributed by atoms with Gasteiger partial charge in [-0.2, -0.15) is 5.26 Å². The van der Waals surface area contributed by atoms with E-state index in [2.05, 4.69) is 19.2 Å². The predicted molar refractivity (Wildman–Crippen MR) is 124 cm³/mol. The molecule has 0 aliphatic carbocycles. The van der Waals surface area contributed by atoms with Crippen LogP contribution < -0.4 is 16.2 Å². The number of ether oxygens (including phenoxy) is 1. The van der Waals surface area contributed by atoms with Crippen LogP contribution in [0.25, 0.3) is 22.5 Å². The van der Waals surface area contributed by atoms with Gasteiger partial charge >= 0.3 is 0 Å². The Morgan fingerprint density at radius 1 is 1.06 bits per heavy atom. The van der Waals surface area contributed by atoms with Crippen molar-refractivity contribution in [3.63, 3.8) is 0 Å². The maximum atomic E-state index is 9.01. The number of benzene rings is 2. The molecule has 2 aromatic carbocycles. The molecule has 6 heteroatoms. The van der Waals surface area contributed by atoms with Crippen LogP contribution in [0.5, 0.6) is 5.75 Å². The van der Waals surface area contributed by atoms with Gasteiger partial charge in [0.1, 0.15) is 17.3 Å². The fourth-order valence-corrected chi connectivity index (χ4v) is 3.00. The highest BCUT2D eigenvalue weighted by Gasteiger charge is 2.16. The van der Waals surface area contributed by atoms with Gasteiger partial charge in [-0.3, -0.25) is 5.41 Å². The number of pyridine rings is 1. The van der Waals surface area contributed by atoms with Crippen molar-refractivity contribution in [3.05, 3.63) is 103 Å². The Bertz CT molecular complexity index is 1220. The summed E-state index contributed by atoms with van der Waals surface area (Å²) in [5.41, 5.74) is 15.9. The summed E-state index contributed by atoms with van der Waals surface area (Å²) < 4.78 is 5.74. The molecule has 0 saturated carbocycles. The van der Waals surface area contributed by atoms with Crippen LogP contribution in [0.15, 0.2) is 91.7 Å². The average Bonchev–Trinajstić information content (AvgIpc) is 2.78. The molecule has 6 nitrogen and oxygen atoms in total. The number of allylic oxidation sites excluding steroid dienone is 3. The van der Waals surface area contributed by atoms with E-state index in [1.165, 1.54) is 0 Å². The van der Waals surface area contributed by atoms with Crippen molar-refractivity contribution >= 4 is 11.5 Å². The molecule has 31 heavy (non-hydrogen) atoms. The first kappa shape index (κ1) is 21.1. The van der Waals surface area contributed by atoms with E-state index in [1.54, 1.807) is 60.7 Å². The van der Waals surface area contributed by atoms with Gasteiger partial charge in [0.05, 0.1) is 28.6 Å². The molecule has 0 unspecified atom stereocenters. The Labute approximate surface area is 180 Å². The SMILES string of the molecule is C=C/C=C(\C=C)Oc1ccc(-c2nc(-c3ccc(C#N)cc3)cc(N)c2C(=N)N)cc1. The van der Waals surface area contributed by atoms with E-state index in [0.29, 0.717) is 39.7 Å². The first-order valence-corrected chi connectivity index (χ1v) is 9.35. The molecular formula is C25H21N5O. The third kappa shape index (κ3) is 4.69. The normalized spacial score (nSPS) is 10.7. The first-order valence-electron chi connectivity index (χ1n) is 9.35. The fourth-order valence-electron chi connectivity index (χ4n) is 3.00. The second-order valence-electron chi connectivity index (χ2n) is 6.56. The van der Waals surface area contributed by atoms with E-state index in [-0.39, 0.29) is 5.84 Å².